The van der Waals surface area contributed by atoms with Crippen molar-refractivity contribution in [3.63, 3.8) is 0 Å². The van der Waals surface area contributed by atoms with Crippen molar-refractivity contribution in [1.29, 1.82) is 0 Å². The van der Waals surface area contributed by atoms with E-state index in [1.807, 2.05) is 31.2 Å². The fraction of sp³-hybridized carbons (Fsp3) is 0.462. The molecule has 0 bridgehead atoms. The van der Waals surface area contributed by atoms with Gasteiger partial charge in [0.25, 0.3) is 0 Å². The number of hydrogen-bond donors (Lipinski definition) is 1. The highest BCUT2D eigenvalue weighted by Gasteiger charge is 2.11. The zero-order valence-electron chi connectivity index (χ0n) is 11.2. The number of carboxylic acids is 1. The van der Waals surface area contributed by atoms with Crippen molar-refractivity contribution in [2.45, 2.75) is 13.3 Å². The zero-order chi connectivity index (χ0) is 14.5. The third kappa shape index (κ3) is 6.24. The molecular formula is C13H19NO4S. The van der Waals surface area contributed by atoms with Crippen LogP contribution >= 0.6 is 0 Å². The molecule has 1 rings (SSSR count). The van der Waals surface area contributed by atoms with Crippen molar-refractivity contribution in [1.82, 2.24) is 0 Å². The molecule has 1 aromatic rings. The average molecular weight is 285 g/mol. The van der Waals surface area contributed by atoms with Crippen molar-refractivity contribution in [3.8, 4) is 0 Å². The third-order valence-electron chi connectivity index (χ3n) is 2.73. The van der Waals surface area contributed by atoms with Crippen LogP contribution in [0.1, 0.15) is 12.0 Å². The van der Waals surface area contributed by atoms with E-state index in [0.29, 0.717) is 13.1 Å². The number of nitrogens with zero attached hydrogens (tertiary/aromatic N) is 1. The van der Waals surface area contributed by atoms with Crippen LogP contribution in [-0.4, -0.2) is 44.6 Å². The van der Waals surface area contributed by atoms with E-state index in [4.69, 9.17) is 5.11 Å². The number of benzene rings is 1. The molecule has 106 valence electrons. The van der Waals surface area contributed by atoms with Crippen LogP contribution in [0.4, 0.5) is 5.69 Å². The maximum Gasteiger partial charge on any atom is 0.305 e. The van der Waals surface area contributed by atoms with Gasteiger partial charge in [-0.1, -0.05) is 17.7 Å². The SMILES string of the molecule is Cc1ccc(N(CCC(=O)O)CCS(C)(=O)=O)cc1. The molecule has 0 aliphatic carbocycles. The Morgan fingerprint density at radius 2 is 1.79 bits per heavy atom. The lowest BCUT2D eigenvalue weighted by molar-refractivity contribution is -0.136. The van der Waals surface area contributed by atoms with Crippen LogP contribution in [0.25, 0.3) is 0 Å². The normalized spacial score (nSPS) is 11.3. The van der Waals surface area contributed by atoms with Crippen LogP contribution in [0.15, 0.2) is 24.3 Å². The number of aryl methyl sites for hydroxylation is 1. The maximum absolute atomic E-state index is 11.2. The molecule has 1 aromatic carbocycles. The Balaban J connectivity index is 2.78. The lowest BCUT2D eigenvalue weighted by atomic mass is 10.2. The second kappa shape index (κ2) is 6.56. The smallest absolute Gasteiger partial charge is 0.305 e. The summed E-state index contributed by atoms with van der Waals surface area (Å²) in [6, 6.07) is 7.59. The summed E-state index contributed by atoms with van der Waals surface area (Å²) in [5.74, 6) is -0.878. The molecule has 6 heteroatoms. The predicted molar refractivity (Wildman–Crippen MR) is 75.4 cm³/mol. The highest BCUT2D eigenvalue weighted by molar-refractivity contribution is 7.90. The van der Waals surface area contributed by atoms with E-state index < -0.39 is 15.8 Å². The topological polar surface area (TPSA) is 74.7 Å². The number of carbonyl (C=O) groups is 1. The van der Waals surface area contributed by atoms with Gasteiger partial charge in [0.2, 0.25) is 0 Å². The van der Waals surface area contributed by atoms with Gasteiger partial charge in [0.1, 0.15) is 9.84 Å². The Morgan fingerprint density at radius 1 is 1.21 bits per heavy atom. The first-order valence-electron chi connectivity index (χ1n) is 5.99. The van der Waals surface area contributed by atoms with Crippen LogP contribution in [-0.2, 0) is 14.6 Å². The molecular weight excluding hydrogens is 266 g/mol. The van der Waals surface area contributed by atoms with E-state index in [9.17, 15) is 13.2 Å². The molecule has 0 aromatic heterocycles. The van der Waals surface area contributed by atoms with Crippen LogP contribution in [0.3, 0.4) is 0 Å². The van der Waals surface area contributed by atoms with Gasteiger partial charge in [0, 0.05) is 25.0 Å². The second-order valence-corrected chi connectivity index (χ2v) is 6.86. The Bertz CT molecular complexity index is 522. The summed E-state index contributed by atoms with van der Waals surface area (Å²) in [5, 5.41) is 8.74. The summed E-state index contributed by atoms with van der Waals surface area (Å²) in [6.07, 6.45) is 1.16. The van der Waals surface area contributed by atoms with Gasteiger partial charge >= 0.3 is 5.97 Å². The van der Waals surface area contributed by atoms with Gasteiger partial charge in [-0.3, -0.25) is 4.79 Å². The first-order valence-corrected chi connectivity index (χ1v) is 8.05. The molecule has 19 heavy (non-hydrogen) atoms. The molecule has 1 N–H and O–H groups in total. The number of hydrogen-bond acceptors (Lipinski definition) is 4. The molecule has 0 fully saturated rings. The Labute approximate surface area is 113 Å². The van der Waals surface area contributed by atoms with Gasteiger partial charge in [-0.25, -0.2) is 8.42 Å². The predicted octanol–water partition coefficient (Wildman–Crippen LogP) is 1.32. The molecule has 0 atom stereocenters. The quantitative estimate of drug-likeness (QED) is 0.818. The number of rotatable bonds is 7. The lowest BCUT2D eigenvalue weighted by Gasteiger charge is -2.24. The van der Waals surface area contributed by atoms with Crippen molar-refractivity contribution in [3.05, 3.63) is 29.8 Å². The van der Waals surface area contributed by atoms with Crippen molar-refractivity contribution in [2.24, 2.45) is 0 Å². The van der Waals surface area contributed by atoms with E-state index >= 15 is 0 Å². The fourth-order valence-corrected chi connectivity index (χ4v) is 2.18. The summed E-state index contributed by atoms with van der Waals surface area (Å²) in [6.45, 7) is 2.56. The summed E-state index contributed by atoms with van der Waals surface area (Å²) < 4.78 is 22.4. The second-order valence-electron chi connectivity index (χ2n) is 4.60. The molecule has 0 saturated heterocycles. The Hall–Kier alpha value is -1.56. The largest absolute Gasteiger partial charge is 0.481 e. The van der Waals surface area contributed by atoms with Crippen molar-refractivity contribution < 1.29 is 18.3 Å². The summed E-state index contributed by atoms with van der Waals surface area (Å²) in [7, 11) is -3.06. The Morgan fingerprint density at radius 3 is 2.26 bits per heavy atom. The summed E-state index contributed by atoms with van der Waals surface area (Å²) in [4.78, 5) is 12.4. The Kier molecular flexibility index (Phi) is 5.35. The molecule has 0 unspecified atom stereocenters. The van der Waals surface area contributed by atoms with E-state index in [-0.39, 0.29) is 12.2 Å². The van der Waals surface area contributed by atoms with Gasteiger partial charge in [-0.15, -0.1) is 0 Å². The number of aliphatic carboxylic acids is 1. The number of anilines is 1. The van der Waals surface area contributed by atoms with E-state index in [1.165, 1.54) is 6.26 Å². The van der Waals surface area contributed by atoms with E-state index in [2.05, 4.69) is 0 Å². The molecule has 0 aliphatic rings. The van der Waals surface area contributed by atoms with E-state index in [1.54, 1.807) is 4.90 Å². The highest BCUT2D eigenvalue weighted by Crippen LogP contribution is 2.15. The van der Waals surface area contributed by atoms with Crippen LogP contribution in [0, 0.1) is 6.92 Å². The van der Waals surface area contributed by atoms with E-state index in [0.717, 1.165) is 11.3 Å². The standard InChI is InChI=1S/C13H19NO4S/c1-11-3-5-12(6-4-11)14(8-7-13(15)16)9-10-19(2,17)18/h3-6H,7-10H2,1-2H3,(H,15,16). The first kappa shape index (κ1) is 15.5. The fourth-order valence-electron chi connectivity index (χ4n) is 1.63. The van der Waals surface area contributed by atoms with Gasteiger partial charge in [-0.2, -0.15) is 0 Å². The van der Waals surface area contributed by atoms with Crippen LogP contribution in [0.5, 0.6) is 0 Å². The molecule has 0 spiro atoms. The van der Waals surface area contributed by atoms with Crippen molar-refractivity contribution in [2.75, 3.05) is 30.0 Å². The minimum atomic E-state index is -3.06. The molecule has 0 saturated carbocycles. The third-order valence-corrected chi connectivity index (χ3v) is 3.65. The molecule has 0 heterocycles. The molecule has 0 amide bonds. The van der Waals surface area contributed by atoms with Crippen LogP contribution < -0.4 is 4.90 Å². The molecule has 5 nitrogen and oxygen atoms in total. The molecule has 0 radical (unpaired) electrons. The number of carboxylic acid groups (broad SMARTS) is 1. The van der Waals surface area contributed by atoms with Crippen LogP contribution in [0.2, 0.25) is 0 Å². The van der Waals surface area contributed by atoms with Crippen molar-refractivity contribution >= 4 is 21.5 Å². The minimum Gasteiger partial charge on any atom is -0.481 e. The summed E-state index contributed by atoms with van der Waals surface area (Å²) >= 11 is 0. The van der Waals surface area contributed by atoms with Gasteiger partial charge in [0.15, 0.2) is 0 Å². The summed E-state index contributed by atoms with van der Waals surface area (Å²) in [5.41, 5.74) is 1.94. The lowest BCUT2D eigenvalue weighted by Crippen LogP contribution is -2.31. The zero-order valence-corrected chi connectivity index (χ0v) is 12.0. The number of sulfone groups is 1. The van der Waals surface area contributed by atoms with Gasteiger partial charge in [-0.05, 0) is 19.1 Å². The molecule has 0 aliphatic heterocycles. The minimum absolute atomic E-state index is 0.0144. The first-order chi connectivity index (χ1) is 8.78. The monoisotopic (exact) mass is 285 g/mol. The highest BCUT2D eigenvalue weighted by atomic mass is 32.2. The average Bonchev–Trinajstić information content (AvgIpc) is 2.29. The maximum atomic E-state index is 11.2. The van der Waals surface area contributed by atoms with Gasteiger partial charge in [0.05, 0.1) is 12.2 Å². The van der Waals surface area contributed by atoms with Gasteiger partial charge < -0.3 is 10.0 Å².